The summed E-state index contributed by atoms with van der Waals surface area (Å²) in [5, 5.41) is 16.8. The molecule has 11 heteroatoms. The summed E-state index contributed by atoms with van der Waals surface area (Å²) in [6.45, 7) is 1.52. The molecule has 4 amide bonds. The maximum Gasteiger partial charge on any atom is 0.329 e. The van der Waals surface area contributed by atoms with Gasteiger partial charge in [0.15, 0.2) is 11.5 Å². The van der Waals surface area contributed by atoms with E-state index >= 15 is 0 Å². The average Bonchev–Trinajstić information content (AvgIpc) is 3.16. The monoisotopic (exact) mass is 516 g/mol. The van der Waals surface area contributed by atoms with Gasteiger partial charge >= 0.3 is 6.03 Å². The Morgan fingerprint density at radius 3 is 2.45 bits per heavy atom. The van der Waals surface area contributed by atoms with Crippen LogP contribution in [0.1, 0.15) is 16.7 Å². The van der Waals surface area contributed by atoms with E-state index in [0.29, 0.717) is 5.69 Å². The van der Waals surface area contributed by atoms with E-state index in [1.165, 1.54) is 25.3 Å². The molecule has 1 saturated heterocycles. The first-order valence-corrected chi connectivity index (χ1v) is 11.5. The minimum Gasteiger partial charge on any atom is -0.493 e. The van der Waals surface area contributed by atoms with Crippen LogP contribution in [-0.4, -0.2) is 41.3 Å². The number of hydrogen-bond donors (Lipinski definition) is 2. The van der Waals surface area contributed by atoms with Crippen LogP contribution in [0.25, 0.3) is 6.08 Å². The molecule has 0 bridgehead atoms. The van der Waals surface area contributed by atoms with Crippen molar-refractivity contribution in [1.82, 2.24) is 10.2 Å². The number of ether oxygens (including phenoxy) is 2. The number of anilines is 1. The van der Waals surface area contributed by atoms with Crippen LogP contribution >= 0.6 is 0 Å². The van der Waals surface area contributed by atoms with E-state index in [1.54, 1.807) is 12.1 Å². The molecule has 3 aromatic rings. The molecule has 1 aliphatic rings. The second kappa shape index (κ2) is 11.2. The van der Waals surface area contributed by atoms with Crippen molar-refractivity contribution >= 4 is 35.3 Å². The lowest BCUT2D eigenvalue weighted by atomic mass is 10.1. The van der Waals surface area contributed by atoms with Gasteiger partial charge in [0.2, 0.25) is 5.91 Å². The first-order chi connectivity index (χ1) is 18.2. The van der Waals surface area contributed by atoms with Crippen LogP contribution < -0.4 is 20.1 Å². The summed E-state index contributed by atoms with van der Waals surface area (Å²) in [6, 6.07) is 18.0. The highest BCUT2D eigenvalue weighted by Crippen LogP contribution is 2.36. The Balaban J connectivity index is 1.54. The third-order valence-electron chi connectivity index (χ3n) is 5.65. The van der Waals surface area contributed by atoms with E-state index in [9.17, 15) is 24.5 Å². The number of urea groups is 1. The van der Waals surface area contributed by atoms with Crippen molar-refractivity contribution in [2.45, 2.75) is 13.5 Å². The molecular weight excluding hydrogens is 492 g/mol. The SMILES string of the molecule is COc1cc(/C=C2/NC(=O)N(CC(=O)Nc3ccc(C)cc3)C2=O)c([N+](=O)[O-])cc1OCc1ccccc1. The first kappa shape index (κ1) is 25.9. The second-order valence-electron chi connectivity index (χ2n) is 8.39. The molecule has 194 valence electrons. The zero-order valence-corrected chi connectivity index (χ0v) is 20.6. The van der Waals surface area contributed by atoms with E-state index in [-0.39, 0.29) is 35.1 Å². The summed E-state index contributed by atoms with van der Waals surface area (Å²) >= 11 is 0. The molecule has 0 spiro atoms. The number of nitro benzene ring substituents is 1. The van der Waals surface area contributed by atoms with Gasteiger partial charge in [-0.3, -0.25) is 19.7 Å². The molecular formula is C27H24N4O7. The standard InChI is InChI=1S/C27H24N4O7/c1-17-8-10-20(11-9-17)28-25(32)15-30-26(33)21(29-27(30)34)12-19-13-23(37-2)24(14-22(19)31(35)36)38-16-18-6-4-3-5-7-18/h3-14H,15-16H2,1-2H3,(H,28,32)(H,29,34)/b21-12+. The van der Waals surface area contributed by atoms with Crippen LogP contribution in [-0.2, 0) is 16.2 Å². The van der Waals surface area contributed by atoms with Crippen molar-refractivity contribution in [3.05, 3.63) is 99.2 Å². The Hall–Kier alpha value is -5.19. The number of benzene rings is 3. The number of methoxy groups -OCH3 is 1. The summed E-state index contributed by atoms with van der Waals surface area (Å²) in [5.41, 5.74) is 1.80. The highest BCUT2D eigenvalue weighted by molar-refractivity contribution is 6.16. The predicted molar refractivity (Wildman–Crippen MR) is 138 cm³/mol. The molecule has 38 heavy (non-hydrogen) atoms. The van der Waals surface area contributed by atoms with Gasteiger partial charge in [0.1, 0.15) is 18.8 Å². The highest BCUT2D eigenvalue weighted by atomic mass is 16.6. The smallest absolute Gasteiger partial charge is 0.329 e. The molecule has 0 aromatic heterocycles. The fourth-order valence-electron chi connectivity index (χ4n) is 3.70. The van der Waals surface area contributed by atoms with Crippen molar-refractivity contribution in [3.63, 3.8) is 0 Å². The molecule has 1 aliphatic heterocycles. The third-order valence-corrected chi connectivity index (χ3v) is 5.65. The predicted octanol–water partition coefficient (Wildman–Crippen LogP) is 4.02. The van der Waals surface area contributed by atoms with Gasteiger partial charge in [0.25, 0.3) is 11.6 Å². The van der Waals surface area contributed by atoms with Crippen LogP contribution in [0.5, 0.6) is 11.5 Å². The van der Waals surface area contributed by atoms with Crippen molar-refractivity contribution in [2.75, 3.05) is 19.0 Å². The van der Waals surface area contributed by atoms with Gasteiger partial charge in [-0.05, 0) is 36.8 Å². The number of carbonyl (C=O) groups is 3. The molecule has 0 unspecified atom stereocenters. The topological polar surface area (TPSA) is 140 Å². The minimum atomic E-state index is -0.822. The summed E-state index contributed by atoms with van der Waals surface area (Å²) < 4.78 is 11.1. The Morgan fingerprint density at radius 2 is 1.79 bits per heavy atom. The maximum atomic E-state index is 12.9. The van der Waals surface area contributed by atoms with Crippen LogP contribution in [0.4, 0.5) is 16.2 Å². The lowest BCUT2D eigenvalue weighted by molar-refractivity contribution is -0.385. The lowest BCUT2D eigenvalue weighted by Gasteiger charge is -2.12. The number of nitrogens with one attached hydrogen (secondary N) is 2. The molecule has 2 N–H and O–H groups in total. The summed E-state index contributed by atoms with van der Waals surface area (Å²) in [4.78, 5) is 49.6. The quantitative estimate of drug-likeness (QED) is 0.189. The number of nitro groups is 1. The van der Waals surface area contributed by atoms with E-state index in [0.717, 1.165) is 16.0 Å². The van der Waals surface area contributed by atoms with E-state index in [1.807, 2.05) is 49.4 Å². The fraction of sp³-hybridized carbons (Fsp3) is 0.148. The maximum absolute atomic E-state index is 12.9. The van der Waals surface area contributed by atoms with Crippen molar-refractivity contribution in [3.8, 4) is 11.5 Å². The van der Waals surface area contributed by atoms with Gasteiger partial charge in [-0.1, -0.05) is 48.0 Å². The van der Waals surface area contributed by atoms with Gasteiger partial charge < -0.3 is 20.1 Å². The molecule has 0 saturated carbocycles. The van der Waals surface area contributed by atoms with E-state index in [2.05, 4.69) is 10.6 Å². The Kier molecular flexibility index (Phi) is 7.66. The van der Waals surface area contributed by atoms with Crippen LogP contribution in [0, 0.1) is 17.0 Å². The number of amides is 4. The number of rotatable bonds is 9. The molecule has 3 aromatic carbocycles. The number of hydrogen-bond acceptors (Lipinski definition) is 7. The zero-order valence-electron chi connectivity index (χ0n) is 20.6. The summed E-state index contributed by atoms with van der Waals surface area (Å²) in [6.07, 6.45) is 1.17. The van der Waals surface area contributed by atoms with Crippen LogP contribution in [0.3, 0.4) is 0 Å². The largest absolute Gasteiger partial charge is 0.493 e. The second-order valence-corrected chi connectivity index (χ2v) is 8.39. The first-order valence-electron chi connectivity index (χ1n) is 11.5. The van der Waals surface area contributed by atoms with Crippen molar-refractivity contribution < 1.29 is 28.8 Å². The van der Waals surface area contributed by atoms with Crippen LogP contribution in [0.2, 0.25) is 0 Å². The van der Waals surface area contributed by atoms with Gasteiger partial charge in [0.05, 0.1) is 23.7 Å². The minimum absolute atomic E-state index is 0.00789. The highest BCUT2D eigenvalue weighted by Gasteiger charge is 2.35. The average molecular weight is 517 g/mol. The van der Waals surface area contributed by atoms with E-state index < -0.39 is 29.3 Å². The van der Waals surface area contributed by atoms with Crippen molar-refractivity contribution in [2.24, 2.45) is 0 Å². The molecule has 0 aliphatic carbocycles. The van der Waals surface area contributed by atoms with E-state index in [4.69, 9.17) is 9.47 Å². The third kappa shape index (κ3) is 5.95. The molecule has 0 radical (unpaired) electrons. The molecule has 4 rings (SSSR count). The molecule has 1 fully saturated rings. The number of imide groups is 1. The zero-order chi connectivity index (χ0) is 27.2. The fourth-order valence-corrected chi connectivity index (χ4v) is 3.70. The lowest BCUT2D eigenvalue weighted by Crippen LogP contribution is -2.38. The normalized spacial score (nSPS) is 13.8. The molecule has 0 atom stereocenters. The summed E-state index contributed by atoms with van der Waals surface area (Å²) in [7, 11) is 1.38. The summed E-state index contributed by atoms with van der Waals surface area (Å²) in [5.74, 6) is -1.04. The van der Waals surface area contributed by atoms with Gasteiger partial charge in [-0.2, -0.15) is 0 Å². The van der Waals surface area contributed by atoms with Gasteiger partial charge in [0, 0.05) is 5.69 Å². The van der Waals surface area contributed by atoms with Crippen molar-refractivity contribution in [1.29, 1.82) is 0 Å². The van der Waals surface area contributed by atoms with Gasteiger partial charge in [-0.15, -0.1) is 0 Å². The van der Waals surface area contributed by atoms with Crippen LogP contribution in [0.15, 0.2) is 72.4 Å². The Morgan fingerprint density at radius 1 is 1.08 bits per heavy atom. The molecule has 11 nitrogen and oxygen atoms in total. The number of carbonyl (C=O) groups excluding carboxylic acids is 3. The number of aryl methyl sites for hydroxylation is 1. The Bertz CT molecular complexity index is 1420. The Labute approximate surface area is 217 Å². The molecule has 1 heterocycles. The van der Waals surface area contributed by atoms with Gasteiger partial charge in [-0.25, -0.2) is 9.69 Å². The number of nitrogens with zero attached hydrogens (tertiary/aromatic N) is 2.